The van der Waals surface area contributed by atoms with Gasteiger partial charge in [0.1, 0.15) is 5.75 Å². The van der Waals surface area contributed by atoms with Gasteiger partial charge in [-0.05, 0) is 38.1 Å². The zero-order valence-corrected chi connectivity index (χ0v) is 10.3. The second kappa shape index (κ2) is 4.04. The number of carbonyl (C=O) groups excluding carboxylic acids is 1. The van der Waals surface area contributed by atoms with Crippen LogP contribution in [0, 0.1) is 5.41 Å². The Morgan fingerprint density at radius 1 is 1.35 bits per heavy atom. The number of aliphatic hydroxyl groups is 1. The predicted molar refractivity (Wildman–Crippen MR) is 65.1 cm³/mol. The van der Waals surface area contributed by atoms with Crippen molar-refractivity contribution < 1.29 is 14.6 Å². The summed E-state index contributed by atoms with van der Waals surface area (Å²) in [5.74, 6) is 0.795. The summed E-state index contributed by atoms with van der Waals surface area (Å²) in [6, 6.07) is 7.12. The number of hydrogen-bond donors (Lipinski definition) is 1. The van der Waals surface area contributed by atoms with Crippen LogP contribution in [0.2, 0.25) is 0 Å². The van der Waals surface area contributed by atoms with Crippen molar-refractivity contribution in [2.75, 3.05) is 18.6 Å². The SMILES string of the molecule is COc1ccc(N2C(=O)C(C)(C)C2CO)cc1. The quantitative estimate of drug-likeness (QED) is 0.806. The number of methoxy groups -OCH3 is 1. The minimum atomic E-state index is -0.478. The van der Waals surface area contributed by atoms with Crippen LogP contribution in [0.3, 0.4) is 0 Å². The smallest absolute Gasteiger partial charge is 0.235 e. The molecular weight excluding hydrogens is 218 g/mol. The first-order valence-electron chi connectivity index (χ1n) is 5.61. The molecule has 0 radical (unpaired) electrons. The molecule has 1 unspecified atom stereocenters. The highest BCUT2D eigenvalue weighted by Gasteiger charge is 2.54. The van der Waals surface area contributed by atoms with Gasteiger partial charge in [0, 0.05) is 5.69 Å². The molecule has 1 saturated heterocycles. The fourth-order valence-electron chi connectivity index (χ4n) is 2.20. The zero-order valence-electron chi connectivity index (χ0n) is 10.3. The summed E-state index contributed by atoms with van der Waals surface area (Å²) in [4.78, 5) is 13.6. The largest absolute Gasteiger partial charge is 0.497 e. The van der Waals surface area contributed by atoms with Crippen molar-refractivity contribution in [3.8, 4) is 5.75 Å². The first-order valence-corrected chi connectivity index (χ1v) is 5.61. The van der Waals surface area contributed by atoms with Gasteiger partial charge in [-0.25, -0.2) is 0 Å². The van der Waals surface area contributed by atoms with Crippen molar-refractivity contribution in [2.45, 2.75) is 19.9 Å². The van der Waals surface area contributed by atoms with Crippen LogP contribution < -0.4 is 9.64 Å². The van der Waals surface area contributed by atoms with Crippen LogP contribution in [0.15, 0.2) is 24.3 Å². The molecule has 0 bridgehead atoms. The van der Waals surface area contributed by atoms with E-state index in [0.717, 1.165) is 11.4 Å². The molecule has 2 rings (SSSR count). The number of ether oxygens (including phenoxy) is 1. The minimum Gasteiger partial charge on any atom is -0.497 e. The maximum atomic E-state index is 12.0. The van der Waals surface area contributed by atoms with E-state index in [9.17, 15) is 9.90 Å². The molecule has 4 heteroatoms. The molecule has 0 aliphatic carbocycles. The van der Waals surface area contributed by atoms with Gasteiger partial charge in [-0.1, -0.05) is 0 Å². The Kier molecular flexibility index (Phi) is 2.83. The monoisotopic (exact) mass is 235 g/mol. The zero-order chi connectivity index (χ0) is 12.6. The van der Waals surface area contributed by atoms with Crippen molar-refractivity contribution in [3.05, 3.63) is 24.3 Å². The van der Waals surface area contributed by atoms with Crippen molar-refractivity contribution in [1.82, 2.24) is 0 Å². The van der Waals surface area contributed by atoms with Gasteiger partial charge in [0.05, 0.1) is 25.2 Å². The molecule has 17 heavy (non-hydrogen) atoms. The number of nitrogens with zero attached hydrogens (tertiary/aromatic N) is 1. The Labute approximate surface area is 101 Å². The molecule has 0 aromatic heterocycles. The van der Waals surface area contributed by atoms with Crippen LogP contribution >= 0.6 is 0 Å². The number of aliphatic hydroxyl groups excluding tert-OH is 1. The summed E-state index contributed by atoms with van der Waals surface area (Å²) in [5.41, 5.74) is 0.323. The number of benzene rings is 1. The second-order valence-electron chi connectivity index (χ2n) is 4.79. The van der Waals surface area contributed by atoms with Crippen LogP contribution in [0.5, 0.6) is 5.75 Å². The van der Waals surface area contributed by atoms with Gasteiger partial charge >= 0.3 is 0 Å². The lowest BCUT2D eigenvalue weighted by molar-refractivity contribution is -0.138. The first-order chi connectivity index (χ1) is 8.02. The van der Waals surface area contributed by atoms with Gasteiger partial charge < -0.3 is 14.7 Å². The van der Waals surface area contributed by atoms with Crippen LogP contribution in [-0.2, 0) is 4.79 Å². The fraction of sp³-hybridized carbons (Fsp3) is 0.462. The molecule has 1 aliphatic heterocycles. The van der Waals surface area contributed by atoms with Gasteiger partial charge in [0.15, 0.2) is 0 Å². The topological polar surface area (TPSA) is 49.8 Å². The molecule has 4 nitrogen and oxygen atoms in total. The molecule has 1 aromatic carbocycles. The van der Waals surface area contributed by atoms with Crippen molar-refractivity contribution in [3.63, 3.8) is 0 Å². The van der Waals surface area contributed by atoms with E-state index in [0.29, 0.717) is 0 Å². The Balaban J connectivity index is 2.25. The molecule has 1 fully saturated rings. The van der Waals surface area contributed by atoms with Gasteiger partial charge in [0.25, 0.3) is 0 Å². The van der Waals surface area contributed by atoms with Crippen LogP contribution in [-0.4, -0.2) is 30.8 Å². The summed E-state index contributed by atoms with van der Waals surface area (Å²) in [6.07, 6.45) is 0. The first kappa shape index (κ1) is 11.9. The van der Waals surface area contributed by atoms with Crippen LogP contribution in [0.4, 0.5) is 5.69 Å². The van der Waals surface area contributed by atoms with Crippen molar-refractivity contribution in [1.29, 1.82) is 0 Å². The van der Waals surface area contributed by atoms with Gasteiger partial charge in [-0.3, -0.25) is 4.79 Å². The molecule has 92 valence electrons. The molecule has 1 atom stereocenters. The number of amides is 1. The van der Waals surface area contributed by atoms with E-state index in [1.807, 2.05) is 38.1 Å². The summed E-state index contributed by atoms with van der Waals surface area (Å²) in [6.45, 7) is 3.69. The summed E-state index contributed by atoms with van der Waals surface area (Å²) >= 11 is 0. The fourth-order valence-corrected chi connectivity index (χ4v) is 2.20. The maximum absolute atomic E-state index is 12.0. The van der Waals surface area contributed by atoms with Gasteiger partial charge in [-0.15, -0.1) is 0 Å². The Morgan fingerprint density at radius 3 is 2.41 bits per heavy atom. The third-order valence-electron chi connectivity index (χ3n) is 3.44. The molecular formula is C13H17NO3. The molecule has 0 saturated carbocycles. The molecule has 1 aliphatic rings. The Bertz CT molecular complexity index is 425. The molecule has 1 heterocycles. The van der Waals surface area contributed by atoms with E-state index in [4.69, 9.17) is 4.74 Å². The van der Waals surface area contributed by atoms with E-state index in [-0.39, 0.29) is 18.6 Å². The summed E-state index contributed by atoms with van der Waals surface area (Å²) < 4.78 is 5.07. The van der Waals surface area contributed by atoms with Crippen molar-refractivity contribution >= 4 is 11.6 Å². The van der Waals surface area contributed by atoms with E-state index in [2.05, 4.69) is 0 Å². The average Bonchev–Trinajstić information content (AvgIpc) is 2.35. The Morgan fingerprint density at radius 2 is 1.94 bits per heavy atom. The van der Waals surface area contributed by atoms with Crippen molar-refractivity contribution in [2.24, 2.45) is 5.41 Å². The second-order valence-corrected chi connectivity index (χ2v) is 4.79. The standard InChI is InChI=1S/C13H17NO3/c1-13(2)11(8-15)14(12(13)16)9-4-6-10(17-3)7-5-9/h4-7,11,15H,8H2,1-3H3. The molecule has 1 N–H and O–H groups in total. The number of hydrogen-bond acceptors (Lipinski definition) is 3. The highest BCUT2D eigenvalue weighted by Crippen LogP contribution is 2.41. The maximum Gasteiger partial charge on any atom is 0.235 e. The summed E-state index contributed by atoms with van der Waals surface area (Å²) in [7, 11) is 1.60. The highest BCUT2D eigenvalue weighted by atomic mass is 16.5. The van der Waals surface area contributed by atoms with Crippen LogP contribution in [0.25, 0.3) is 0 Å². The minimum absolute atomic E-state index is 0.0230. The van der Waals surface area contributed by atoms with Gasteiger partial charge in [0.2, 0.25) is 5.91 Å². The average molecular weight is 235 g/mol. The molecule has 0 spiro atoms. The lowest BCUT2D eigenvalue weighted by Crippen LogP contribution is -2.68. The van der Waals surface area contributed by atoms with E-state index >= 15 is 0 Å². The normalized spacial score (nSPS) is 22.2. The highest BCUT2D eigenvalue weighted by molar-refractivity contribution is 6.05. The third kappa shape index (κ3) is 1.69. The molecule has 1 aromatic rings. The number of carbonyl (C=O) groups is 1. The molecule has 1 amide bonds. The number of β-lactam (4-membered cyclic amide) rings is 1. The van der Waals surface area contributed by atoms with Crippen LogP contribution in [0.1, 0.15) is 13.8 Å². The lowest BCUT2D eigenvalue weighted by Gasteiger charge is -2.52. The lowest BCUT2D eigenvalue weighted by atomic mass is 9.74. The van der Waals surface area contributed by atoms with E-state index in [1.165, 1.54) is 0 Å². The Hall–Kier alpha value is -1.55. The van der Waals surface area contributed by atoms with E-state index < -0.39 is 5.41 Å². The third-order valence-corrected chi connectivity index (χ3v) is 3.44. The van der Waals surface area contributed by atoms with E-state index in [1.54, 1.807) is 12.0 Å². The predicted octanol–water partition coefficient (Wildman–Crippen LogP) is 1.43. The number of rotatable bonds is 3. The number of anilines is 1. The van der Waals surface area contributed by atoms with Gasteiger partial charge in [-0.2, -0.15) is 0 Å². The summed E-state index contributed by atoms with van der Waals surface area (Å²) in [5, 5.41) is 9.35.